The van der Waals surface area contributed by atoms with Crippen LogP contribution in [-0.2, 0) is 16.1 Å². The van der Waals surface area contributed by atoms with E-state index in [2.05, 4.69) is 5.32 Å². The normalized spacial score (nSPS) is 11.5. The van der Waals surface area contributed by atoms with Crippen molar-refractivity contribution in [3.8, 4) is 0 Å². The molecule has 0 aromatic heterocycles. The lowest BCUT2D eigenvalue weighted by molar-refractivity contribution is -0.148. The Morgan fingerprint density at radius 1 is 1.00 bits per heavy atom. The number of esters is 1. The third-order valence-electron chi connectivity index (χ3n) is 3.03. The predicted molar refractivity (Wildman–Crippen MR) is 81.0 cm³/mol. The number of nitrogens with one attached hydrogen (secondary N) is 1. The zero-order chi connectivity index (χ0) is 15.8. The Labute approximate surface area is 128 Å². The fourth-order valence-corrected chi connectivity index (χ4v) is 1.84. The lowest BCUT2D eigenvalue weighted by Gasteiger charge is -2.15. The van der Waals surface area contributed by atoms with Gasteiger partial charge in [-0.1, -0.05) is 48.5 Å². The van der Waals surface area contributed by atoms with Crippen LogP contribution in [0, 0.1) is 0 Å². The number of benzene rings is 2. The van der Waals surface area contributed by atoms with Crippen molar-refractivity contribution in [2.75, 3.05) is 6.61 Å². The zero-order valence-corrected chi connectivity index (χ0v) is 11.9. The van der Waals surface area contributed by atoms with Crippen molar-refractivity contribution >= 4 is 11.9 Å². The number of hydrogen-bond donors (Lipinski definition) is 2. The minimum atomic E-state index is -1.09. The Morgan fingerprint density at radius 3 is 2.18 bits per heavy atom. The highest BCUT2D eigenvalue weighted by atomic mass is 16.5. The molecule has 0 aliphatic carbocycles. The van der Waals surface area contributed by atoms with Gasteiger partial charge in [-0.25, -0.2) is 4.79 Å². The molecular weight excluding hydrogens is 282 g/mol. The topological polar surface area (TPSA) is 75.6 Å². The summed E-state index contributed by atoms with van der Waals surface area (Å²) < 4.78 is 5.10. The van der Waals surface area contributed by atoms with Gasteiger partial charge in [0.25, 0.3) is 5.91 Å². The summed E-state index contributed by atoms with van der Waals surface area (Å²) in [5.41, 5.74) is 1.25. The maximum absolute atomic E-state index is 12.0. The molecule has 2 aromatic rings. The molecule has 0 radical (unpaired) electrons. The number of carbonyl (C=O) groups excluding carboxylic acids is 2. The van der Waals surface area contributed by atoms with Crippen LogP contribution in [0.15, 0.2) is 60.7 Å². The Hall–Kier alpha value is -2.66. The molecular formula is C17H17NO4. The van der Waals surface area contributed by atoms with Crippen molar-refractivity contribution in [2.24, 2.45) is 0 Å². The second-order valence-corrected chi connectivity index (χ2v) is 4.67. The molecule has 1 atom stereocenters. The van der Waals surface area contributed by atoms with Crippen LogP contribution >= 0.6 is 0 Å². The van der Waals surface area contributed by atoms with Gasteiger partial charge < -0.3 is 15.2 Å². The molecule has 0 aliphatic rings. The van der Waals surface area contributed by atoms with Crippen molar-refractivity contribution in [3.63, 3.8) is 0 Å². The summed E-state index contributed by atoms with van der Waals surface area (Å²) in [6, 6.07) is 16.6. The molecule has 0 spiro atoms. The SMILES string of the molecule is O=C(N[C@@H](CO)C(=O)OCc1ccccc1)c1ccccc1. The van der Waals surface area contributed by atoms with Crippen molar-refractivity contribution in [3.05, 3.63) is 71.8 Å². The highest BCUT2D eigenvalue weighted by Gasteiger charge is 2.22. The summed E-state index contributed by atoms with van der Waals surface area (Å²) in [6.07, 6.45) is 0. The first-order valence-corrected chi connectivity index (χ1v) is 6.88. The van der Waals surface area contributed by atoms with E-state index in [1.807, 2.05) is 30.3 Å². The fraction of sp³-hybridized carbons (Fsp3) is 0.176. The monoisotopic (exact) mass is 299 g/mol. The second kappa shape index (κ2) is 7.95. The van der Waals surface area contributed by atoms with Gasteiger partial charge in [0.1, 0.15) is 6.61 Å². The molecule has 0 aliphatic heterocycles. The first kappa shape index (κ1) is 15.7. The number of aliphatic hydroxyl groups excluding tert-OH is 1. The Balaban J connectivity index is 1.90. The van der Waals surface area contributed by atoms with Gasteiger partial charge in [0.2, 0.25) is 0 Å². The fourth-order valence-electron chi connectivity index (χ4n) is 1.84. The molecule has 2 aromatic carbocycles. The van der Waals surface area contributed by atoms with Gasteiger partial charge in [-0.05, 0) is 17.7 Å². The van der Waals surface area contributed by atoms with E-state index in [0.717, 1.165) is 5.56 Å². The van der Waals surface area contributed by atoms with Crippen molar-refractivity contribution < 1.29 is 19.4 Å². The highest BCUT2D eigenvalue weighted by Crippen LogP contribution is 2.03. The molecule has 22 heavy (non-hydrogen) atoms. The van der Waals surface area contributed by atoms with E-state index in [1.54, 1.807) is 30.3 Å². The molecule has 114 valence electrons. The van der Waals surface area contributed by atoms with Crippen LogP contribution in [-0.4, -0.2) is 29.6 Å². The highest BCUT2D eigenvalue weighted by molar-refractivity contribution is 5.96. The third-order valence-corrected chi connectivity index (χ3v) is 3.03. The molecule has 0 saturated heterocycles. The molecule has 5 nitrogen and oxygen atoms in total. The number of ether oxygens (including phenoxy) is 1. The molecule has 5 heteroatoms. The summed E-state index contributed by atoms with van der Waals surface area (Å²) in [5, 5.41) is 11.7. The van der Waals surface area contributed by atoms with Crippen LogP contribution in [0.3, 0.4) is 0 Å². The number of aliphatic hydroxyl groups is 1. The van der Waals surface area contributed by atoms with Crippen molar-refractivity contribution in [1.82, 2.24) is 5.32 Å². The van der Waals surface area contributed by atoms with E-state index in [1.165, 1.54) is 0 Å². The van der Waals surface area contributed by atoms with Gasteiger partial charge in [-0.15, -0.1) is 0 Å². The number of rotatable bonds is 6. The average molecular weight is 299 g/mol. The largest absolute Gasteiger partial charge is 0.459 e. The third kappa shape index (κ3) is 4.43. The number of carbonyl (C=O) groups is 2. The molecule has 0 saturated carbocycles. The van der Waals surface area contributed by atoms with Crippen LogP contribution in [0.1, 0.15) is 15.9 Å². The van der Waals surface area contributed by atoms with E-state index in [4.69, 9.17) is 4.74 Å². The predicted octanol–water partition coefficient (Wildman–Crippen LogP) is 1.52. The van der Waals surface area contributed by atoms with Gasteiger partial charge in [0.05, 0.1) is 6.61 Å². The molecule has 2 rings (SSSR count). The Morgan fingerprint density at radius 2 is 1.59 bits per heavy atom. The van der Waals surface area contributed by atoms with Crippen LogP contribution in [0.5, 0.6) is 0 Å². The standard InChI is InChI=1S/C17H17NO4/c19-11-15(18-16(20)14-9-5-2-6-10-14)17(21)22-12-13-7-3-1-4-8-13/h1-10,15,19H,11-12H2,(H,18,20)/t15-/m0/s1. The van der Waals surface area contributed by atoms with Crippen LogP contribution in [0.2, 0.25) is 0 Å². The molecule has 0 heterocycles. The van der Waals surface area contributed by atoms with Crippen molar-refractivity contribution in [1.29, 1.82) is 0 Å². The van der Waals surface area contributed by atoms with Gasteiger partial charge in [-0.2, -0.15) is 0 Å². The second-order valence-electron chi connectivity index (χ2n) is 4.67. The van der Waals surface area contributed by atoms with Gasteiger partial charge >= 0.3 is 5.97 Å². The summed E-state index contributed by atoms with van der Waals surface area (Å²) in [7, 11) is 0. The van der Waals surface area contributed by atoms with E-state index >= 15 is 0 Å². The van der Waals surface area contributed by atoms with Crippen LogP contribution in [0.4, 0.5) is 0 Å². The summed E-state index contributed by atoms with van der Waals surface area (Å²) in [5.74, 6) is -1.10. The first-order valence-electron chi connectivity index (χ1n) is 6.88. The summed E-state index contributed by atoms with van der Waals surface area (Å²) in [4.78, 5) is 23.9. The minimum Gasteiger partial charge on any atom is -0.459 e. The van der Waals surface area contributed by atoms with E-state index in [9.17, 15) is 14.7 Å². The zero-order valence-electron chi connectivity index (χ0n) is 11.9. The lowest BCUT2D eigenvalue weighted by atomic mass is 10.2. The Kier molecular flexibility index (Phi) is 5.68. The van der Waals surface area contributed by atoms with E-state index in [-0.39, 0.29) is 6.61 Å². The maximum atomic E-state index is 12.0. The van der Waals surface area contributed by atoms with Gasteiger partial charge in [0, 0.05) is 5.56 Å². The summed E-state index contributed by atoms with van der Waals surface area (Å²) in [6.45, 7) is -0.427. The molecule has 1 amide bonds. The smallest absolute Gasteiger partial charge is 0.331 e. The molecule has 2 N–H and O–H groups in total. The minimum absolute atomic E-state index is 0.0946. The van der Waals surface area contributed by atoms with E-state index < -0.39 is 24.5 Å². The first-order chi connectivity index (χ1) is 10.7. The quantitative estimate of drug-likeness (QED) is 0.793. The van der Waals surface area contributed by atoms with Crippen molar-refractivity contribution in [2.45, 2.75) is 12.6 Å². The molecule has 0 fully saturated rings. The average Bonchev–Trinajstić information content (AvgIpc) is 2.59. The van der Waals surface area contributed by atoms with Crippen LogP contribution in [0.25, 0.3) is 0 Å². The lowest BCUT2D eigenvalue weighted by Crippen LogP contribution is -2.44. The van der Waals surface area contributed by atoms with E-state index in [0.29, 0.717) is 5.56 Å². The van der Waals surface area contributed by atoms with Crippen LogP contribution < -0.4 is 5.32 Å². The maximum Gasteiger partial charge on any atom is 0.331 e. The molecule has 0 unspecified atom stereocenters. The van der Waals surface area contributed by atoms with Gasteiger partial charge in [-0.3, -0.25) is 4.79 Å². The van der Waals surface area contributed by atoms with Gasteiger partial charge in [0.15, 0.2) is 6.04 Å². The summed E-state index contributed by atoms with van der Waals surface area (Å²) >= 11 is 0. The molecule has 0 bridgehead atoms. The number of amides is 1. The Bertz CT molecular complexity index is 613. The number of hydrogen-bond acceptors (Lipinski definition) is 4.